The lowest BCUT2D eigenvalue weighted by Gasteiger charge is -2.11. The number of rotatable bonds is 13. The van der Waals surface area contributed by atoms with Crippen molar-refractivity contribution in [1.82, 2.24) is 14.8 Å². The van der Waals surface area contributed by atoms with Crippen molar-refractivity contribution in [3.63, 3.8) is 0 Å². The van der Waals surface area contributed by atoms with Crippen molar-refractivity contribution in [2.75, 3.05) is 11.1 Å². The van der Waals surface area contributed by atoms with E-state index < -0.39 is 10.7 Å². The van der Waals surface area contributed by atoms with Gasteiger partial charge in [-0.25, -0.2) is 4.39 Å². The minimum absolute atomic E-state index is 0.0475. The Kier molecular flexibility index (Phi) is 9.39. The van der Waals surface area contributed by atoms with Crippen molar-refractivity contribution in [3.8, 4) is 5.75 Å². The molecule has 0 aliphatic carbocycles. The molecule has 180 valence electrons. The molecule has 0 spiro atoms. The van der Waals surface area contributed by atoms with E-state index in [0.717, 1.165) is 25.7 Å². The lowest BCUT2D eigenvalue weighted by Crippen LogP contribution is -2.15. The summed E-state index contributed by atoms with van der Waals surface area (Å²) in [6, 6.07) is 11.8. The molecule has 1 amide bonds. The van der Waals surface area contributed by atoms with Gasteiger partial charge in [0.1, 0.15) is 6.61 Å². The van der Waals surface area contributed by atoms with Gasteiger partial charge in [0.05, 0.1) is 10.7 Å². The van der Waals surface area contributed by atoms with Gasteiger partial charge in [-0.2, -0.15) is 0 Å². The Balaban J connectivity index is 1.62. The molecular formula is C23H26FN5O4S. The molecule has 0 saturated heterocycles. The number of amides is 1. The number of nitro groups is 1. The zero-order valence-electron chi connectivity index (χ0n) is 18.8. The predicted molar refractivity (Wildman–Crippen MR) is 127 cm³/mol. The lowest BCUT2D eigenvalue weighted by atomic mass is 10.2. The second-order valence-electron chi connectivity index (χ2n) is 7.47. The van der Waals surface area contributed by atoms with E-state index in [2.05, 4.69) is 22.4 Å². The first-order valence-corrected chi connectivity index (χ1v) is 11.9. The Hall–Kier alpha value is -3.47. The van der Waals surface area contributed by atoms with Gasteiger partial charge in [0.25, 0.3) is 5.69 Å². The van der Waals surface area contributed by atoms with Gasteiger partial charge in [0.15, 0.2) is 22.5 Å². The number of carbonyl (C=O) groups excluding carboxylic acids is 1. The zero-order valence-corrected chi connectivity index (χ0v) is 19.6. The summed E-state index contributed by atoms with van der Waals surface area (Å²) in [5, 5.41) is 22.4. The third kappa shape index (κ3) is 7.27. The van der Waals surface area contributed by atoms with Crippen LogP contribution in [0.15, 0.2) is 53.7 Å². The van der Waals surface area contributed by atoms with Crippen LogP contribution in [0.3, 0.4) is 0 Å². The van der Waals surface area contributed by atoms with Crippen molar-refractivity contribution < 1.29 is 18.8 Å². The number of hydrogen-bond donors (Lipinski definition) is 1. The number of hydrogen-bond acceptors (Lipinski definition) is 7. The molecule has 1 heterocycles. The van der Waals surface area contributed by atoms with E-state index in [-0.39, 0.29) is 29.7 Å². The van der Waals surface area contributed by atoms with E-state index in [1.54, 1.807) is 18.2 Å². The van der Waals surface area contributed by atoms with Gasteiger partial charge in [-0.1, -0.05) is 50.1 Å². The number of para-hydroxylation sites is 1. The average molecular weight is 488 g/mol. The number of halogens is 1. The van der Waals surface area contributed by atoms with Crippen molar-refractivity contribution >= 4 is 29.0 Å². The highest BCUT2D eigenvalue weighted by Gasteiger charge is 2.16. The number of unbranched alkanes of at least 4 members (excludes halogenated alkanes) is 3. The number of nitrogens with one attached hydrogen (secondary N) is 1. The molecule has 0 aliphatic heterocycles. The molecule has 9 nitrogen and oxygen atoms in total. The molecule has 34 heavy (non-hydrogen) atoms. The molecule has 0 radical (unpaired) electrons. The Bertz CT molecular complexity index is 1110. The van der Waals surface area contributed by atoms with Gasteiger partial charge in [-0.05, 0) is 30.7 Å². The highest BCUT2D eigenvalue weighted by molar-refractivity contribution is 7.99. The minimum Gasteiger partial charge on any atom is -0.483 e. The van der Waals surface area contributed by atoms with Crippen LogP contribution in [0.2, 0.25) is 0 Å². The Morgan fingerprint density at radius 2 is 1.91 bits per heavy atom. The second kappa shape index (κ2) is 12.7. The molecule has 0 unspecified atom stereocenters. The fraction of sp³-hybridized carbons (Fsp3) is 0.348. The number of aromatic nitrogens is 3. The van der Waals surface area contributed by atoms with Gasteiger partial charge in [-0.3, -0.25) is 14.9 Å². The number of ether oxygens (including phenoxy) is 1. The van der Waals surface area contributed by atoms with Crippen LogP contribution in [0, 0.1) is 15.9 Å². The third-order valence-corrected chi connectivity index (χ3v) is 5.88. The van der Waals surface area contributed by atoms with E-state index in [0.29, 0.717) is 23.2 Å². The first-order chi connectivity index (χ1) is 16.5. The molecule has 11 heteroatoms. The maximum Gasteiger partial charge on any atom is 0.269 e. The largest absolute Gasteiger partial charge is 0.483 e. The van der Waals surface area contributed by atoms with E-state index in [9.17, 15) is 19.3 Å². The molecular weight excluding hydrogens is 461 g/mol. The van der Waals surface area contributed by atoms with Crippen LogP contribution < -0.4 is 10.1 Å². The summed E-state index contributed by atoms with van der Waals surface area (Å²) in [6.45, 7) is 2.85. The van der Waals surface area contributed by atoms with Crippen LogP contribution in [0.1, 0.15) is 38.4 Å². The monoisotopic (exact) mass is 487 g/mol. The van der Waals surface area contributed by atoms with E-state index in [4.69, 9.17) is 4.74 Å². The molecule has 0 aliphatic rings. The topological polar surface area (TPSA) is 112 Å². The Morgan fingerprint density at radius 1 is 1.15 bits per heavy atom. The van der Waals surface area contributed by atoms with Gasteiger partial charge < -0.3 is 14.6 Å². The predicted octanol–water partition coefficient (Wildman–Crippen LogP) is 5.22. The number of carbonyl (C=O) groups is 1. The Morgan fingerprint density at radius 3 is 2.62 bits per heavy atom. The normalized spacial score (nSPS) is 10.8. The van der Waals surface area contributed by atoms with Gasteiger partial charge in [-0.15, -0.1) is 10.2 Å². The summed E-state index contributed by atoms with van der Waals surface area (Å²) in [4.78, 5) is 22.6. The smallest absolute Gasteiger partial charge is 0.269 e. The standard InChI is InChI=1S/C23H26FN5O4S/c1-2-3-4-7-14-28-21(15-33-20-9-6-5-8-19(20)24)26-27-23(28)34-16-22(30)25-17-10-12-18(13-11-17)29(31)32/h5-6,8-13H,2-4,7,14-16H2,1H3,(H,25,30). The molecule has 1 aromatic heterocycles. The minimum atomic E-state index is -0.498. The number of anilines is 1. The highest BCUT2D eigenvalue weighted by Crippen LogP contribution is 2.22. The van der Waals surface area contributed by atoms with Crippen molar-refractivity contribution in [1.29, 1.82) is 0 Å². The van der Waals surface area contributed by atoms with Crippen molar-refractivity contribution in [2.45, 2.75) is 50.9 Å². The zero-order chi connectivity index (χ0) is 24.3. The van der Waals surface area contributed by atoms with E-state index >= 15 is 0 Å². The van der Waals surface area contributed by atoms with E-state index in [1.807, 2.05) is 4.57 Å². The fourth-order valence-corrected chi connectivity index (χ4v) is 3.93. The van der Waals surface area contributed by atoms with Crippen molar-refractivity contribution in [2.24, 2.45) is 0 Å². The van der Waals surface area contributed by atoms with Crippen molar-refractivity contribution in [3.05, 3.63) is 70.3 Å². The summed E-state index contributed by atoms with van der Waals surface area (Å²) >= 11 is 1.23. The second-order valence-corrected chi connectivity index (χ2v) is 8.41. The fourth-order valence-electron chi connectivity index (χ4n) is 3.15. The molecule has 1 N–H and O–H groups in total. The van der Waals surface area contributed by atoms with Gasteiger partial charge in [0, 0.05) is 24.4 Å². The van der Waals surface area contributed by atoms with Crippen LogP contribution in [-0.2, 0) is 17.9 Å². The van der Waals surface area contributed by atoms with Gasteiger partial charge >= 0.3 is 0 Å². The summed E-state index contributed by atoms with van der Waals surface area (Å²) < 4.78 is 21.4. The first-order valence-electron chi connectivity index (χ1n) is 10.9. The van der Waals surface area contributed by atoms with Crippen LogP contribution >= 0.6 is 11.8 Å². The van der Waals surface area contributed by atoms with Crippen LogP contribution in [0.5, 0.6) is 5.75 Å². The molecule has 0 fully saturated rings. The summed E-state index contributed by atoms with van der Waals surface area (Å²) in [5.41, 5.74) is 0.421. The number of nitro benzene ring substituents is 1. The molecule has 3 rings (SSSR count). The first kappa shape index (κ1) is 25.2. The highest BCUT2D eigenvalue weighted by atomic mass is 32.2. The average Bonchev–Trinajstić information content (AvgIpc) is 3.22. The summed E-state index contributed by atoms with van der Waals surface area (Å²) in [6.07, 6.45) is 4.19. The van der Waals surface area contributed by atoms with Gasteiger partial charge in [0.2, 0.25) is 5.91 Å². The molecule has 2 aromatic carbocycles. The molecule has 0 bridgehead atoms. The maximum atomic E-state index is 13.9. The number of thioether (sulfide) groups is 1. The quantitative estimate of drug-likeness (QED) is 0.152. The van der Waals surface area contributed by atoms with Crippen LogP contribution in [0.25, 0.3) is 0 Å². The lowest BCUT2D eigenvalue weighted by molar-refractivity contribution is -0.384. The molecule has 3 aromatic rings. The Labute approximate surface area is 200 Å². The number of non-ortho nitro benzene ring substituents is 1. The van der Waals surface area contributed by atoms with Crippen LogP contribution in [-0.4, -0.2) is 31.3 Å². The maximum absolute atomic E-state index is 13.9. The van der Waals surface area contributed by atoms with Crippen LogP contribution in [0.4, 0.5) is 15.8 Å². The third-order valence-electron chi connectivity index (χ3n) is 4.92. The van der Waals surface area contributed by atoms with E-state index in [1.165, 1.54) is 42.1 Å². The summed E-state index contributed by atoms with van der Waals surface area (Å²) in [7, 11) is 0. The summed E-state index contributed by atoms with van der Waals surface area (Å²) in [5.74, 6) is 0.0495. The number of nitrogens with zero attached hydrogens (tertiary/aromatic N) is 4. The number of benzene rings is 2. The molecule has 0 saturated carbocycles. The SMILES string of the molecule is CCCCCCn1c(COc2ccccc2F)nnc1SCC(=O)Nc1ccc([N+](=O)[O-])cc1. The molecule has 0 atom stereocenters.